The maximum absolute atomic E-state index is 4.69. The largest absolute Gasteiger partial charge is 1.00 e. The van der Waals surface area contributed by atoms with Crippen LogP contribution in [0.1, 0.15) is 52.7 Å². The van der Waals surface area contributed by atoms with E-state index in [2.05, 4.69) is 126 Å². The molecule has 39 heavy (non-hydrogen) atoms. The molecule has 4 aromatic rings. The van der Waals surface area contributed by atoms with Gasteiger partial charge in [-0.15, -0.1) is 11.4 Å². The van der Waals surface area contributed by atoms with Gasteiger partial charge in [-0.2, -0.15) is 0 Å². The van der Waals surface area contributed by atoms with E-state index in [1.807, 2.05) is 57.9 Å². The zero-order valence-electron chi connectivity index (χ0n) is 23.7. The van der Waals surface area contributed by atoms with Crippen LogP contribution in [0.5, 0.6) is 0 Å². The normalized spacial score (nSPS) is 12.5. The molecule has 5 rings (SSSR count). The summed E-state index contributed by atoms with van der Waals surface area (Å²) in [4.78, 5) is 0. The summed E-state index contributed by atoms with van der Waals surface area (Å²) in [7, 11) is 0. The minimum Gasteiger partial charge on any atom is -0.658 e. The van der Waals surface area contributed by atoms with Crippen molar-refractivity contribution < 1.29 is 31.5 Å². The minimum atomic E-state index is 0. The number of nitrogens with zero attached hydrogens (tertiary/aromatic N) is 3. The van der Waals surface area contributed by atoms with Gasteiger partial charge >= 0.3 is 28.4 Å². The molecule has 0 aromatic heterocycles. The van der Waals surface area contributed by atoms with Gasteiger partial charge in [0.05, 0.1) is 0 Å². The van der Waals surface area contributed by atoms with Gasteiger partial charge in [0, 0.05) is 24.3 Å². The molecule has 0 saturated carbocycles. The first kappa shape index (κ1) is 30.1. The first-order valence-electron chi connectivity index (χ1n) is 13.2. The Kier molecular flexibility index (Phi) is 10.1. The molecule has 0 spiro atoms. The van der Waals surface area contributed by atoms with Crippen LogP contribution in [0.4, 0.5) is 22.7 Å². The van der Waals surface area contributed by atoms with Crippen molar-refractivity contribution >= 4 is 28.8 Å². The maximum Gasteiger partial charge on any atom is 1.00 e. The molecule has 0 fully saturated rings. The van der Waals surface area contributed by atoms with Gasteiger partial charge in [0.25, 0.3) is 12.4 Å². The fourth-order valence-corrected chi connectivity index (χ4v) is 4.00. The van der Waals surface area contributed by atoms with Crippen LogP contribution in [0, 0.1) is 0 Å². The molecule has 0 aliphatic carbocycles. The minimum absolute atomic E-state index is 0. The Bertz CT molecular complexity index is 1320. The number of rotatable bonds is 4. The van der Waals surface area contributed by atoms with Gasteiger partial charge in [0.1, 0.15) is 0 Å². The number of hydrogen-bond donors (Lipinski definition) is 0. The number of benzene rings is 4. The third kappa shape index (κ3) is 8.51. The molecule has 4 aromatic carbocycles. The van der Waals surface area contributed by atoms with Crippen LogP contribution in [-0.4, -0.2) is 15.2 Å². The Balaban J connectivity index is 0.000000214. The average molecular weight is 698 g/mol. The van der Waals surface area contributed by atoms with Crippen LogP contribution >= 0.6 is 0 Å². The van der Waals surface area contributed by atoms with Gasteiger partial charge in [-0.1, -0.05) is 136 Å². The van der Waals surface area contributed by atoms with Gasteiger partial charge in [-0.25, -0.2) is 0 Å². The fourth-order valence-electron chi connectivity index (χ4n) is 4.00. The SMILES string of the molecule is C1=[N+](c2ccccc2)C=C[N+]=1c1ccccc1.CC(C)(C)c1ccc([N-]c2ccc(C(C)(C)C)cc2)cc1.[Au+]. The molecule has 1 aliphatic rings. The monoisotopic (exact) mass is 697 g/mol. The molecule has 0 saturated heterocycles. The van der Waals surface area contributed by atoms with E-state index in [-0.39, 0.29) is 33.2 Å². The summed E-state index contributed by atoms with van der Waals surface area (Å²) < 4.78 is 3.96. The molecule has 3 nitrogen and oxygen atoms in total. The maximum atomic E-state index is 4.69. The molecule has 4 heteroatoms. The summed E-state index contributed by atoms with van der Waals surface area (Å²) in [5, 5.41) is 4.69. The summed E-state index contributed by atoms with van der Waals surface area (Å²) in [5.41, 5.74) is 7.29. The summed E-state index contributed by atoms with van der Waals surface area (Å²) in [6, 6.07) is 40.7. The molecule has 0 N–H and O–H groups in total. The molecule has 0 radical (unpaired) electrons. The van der Waals surface area contributed by atoms with E-state index in [0.29, 0.717) is 0 Å². The van der Waals surface area contributed by atoms with Crippen molar-refractivity contribution in [3.63, 3.8) is 0 Å². The smallest absolute Gasteiger partial charge is 0.658 e. The van der Waals surface area contributed by atoms with Crippen LogP contribution in [-0.2, 0) is 33.2 Å². The van der Waals surface area contributed by atoms with Gasteiger partial charge in [-0.3, -0.25) is 0 Å². The molecule has 0 atom stereocenters. The zero-order chi connectivity index (χ0) is 27.2. The van der Waals surface area contributed by atoms with Crippen LogP contribution in [0.3, 0.4) is 0 Å². The van der Waals surface area contributed by atoms with Crippen molar-refractivity contribution in [1.29, 1.82) is 0 Å². The molecule has 1 aliphatic heterocycles. The van der Waals surface area contributed by atoms with Crippen LogP contribution in [0.25, 0.3) is 5.32 Å². The standard InChI is InChI=1S/C20H26N.C15H12N2.Au/c1-19(2,3)15-7-11-17(12-8-15)21-18-13-9-16(10-14-18)20(4,5)6;1-3-7-14(8-4-1)16-11-12-17(13-16)15-9-5-2-6-10-15;/h7-14H,1-6H3;1-12H;/q-1;+2;+1. The predicted molar refractivity (Wildman–Crippen MR) is 160 cm³/mol. The third-order valence-electron chi connectivity index (χ3n) is 6.37. The Morgan fingerprint density at radius 2 is 0.821 bits per heavy atom. The van der Waals surface area contributed by atoms with E-state index < -0.39 is 0 Å². The Morgan fingerprint density at radius 3 is 1.13 bits per heavy atom. The Labute approximate surface area is 249 Å². The molecule has 1 heterocycles. The molecule has 0 bridgehead atoms. The summed E-state index contributed by atoms with van der Waals surface area (Å²) in [6.07, 6.45) is 4.00. The van der Waals surface area contributed by atoms with Crippen molar-refractivity contribution in [3.05, 3.63) is 138 Å². The second kappa shape index (κ2) is 13.1. The van der Waals surface area contributed by atoms with Gasteiger partial charge in [-0.05, 0) is 22.0 Å². The van der Waals surface area contributed by atoms with E-state index in [4.69, 9.17) is 0 Å². The van der Waals surface area contributed by atoms with Gasteiger partial charge in [0.2, 0.25) is 11.4 Å². The quantitative estimate of drug-likeness (QED) is 0.150. The second-order valence-corrected chi connectivity index (χ2v) is 11.5. The molecule has 0 unspecified atom stereocenters. The van der Waals surface area contributed by atoms with Crippen molar-refractivity contribution in [2.24, 2.45) is 0 Å². The van der Waals surface area contributed by atoms with Gasteiger partial charge in [0.15, 0.2) is 0 Å². The van der Waals surface area contributed by atoms with Crippen LogP contribution in [0.2, 0.25) is 0 Å². The van der Waals surface area contributed by atoms with E-state index in [0.717, 1.165) is 22.7 Å². The van der Waals surface area contributed by atoms with Crippen LogP contribution < -0.4 is 0 Å². The van der Waals surface area contributed by atoms with E-state index in [1.54, 1.807) is 0 Å². The van der Waals surface area contributed by atoms with Crippen molar-refractivity contribution in [2.75, 3.05) is 0 Å². The summed E-state index contributed by atoms with van der Waals surface area (Å²) in [6.45, 7) is 13.4. The van der Waals surface area contributed by atoms with Crippen molar-refractivity contribution in [1.82, 2.24) is 0 Å². The third-order valence-corrected chi connectivity index (χ3v) is 6.37. The first-order chi connectivity index (χ1) is 18.1. The summed E-state index contributed by atoms with van der Waals surface area (Å²) in [5.74, 6) is 0. The van der Waals surface area contributed by atoms with Crippen LogP contribution in [0.15, 0.2) is 122 Å². The van der Waals surface area contributed by atoms with E-state index in [9.17, 15) is 0 Å². The van der Waals surface area contributed by atoms with E-state index >= 15 is 0 Å². The Morgan fingerprint density at radius 1 is 0.487 bits per heavy atom. The Hall–Kier alpha value is -3.46. The zero-order valence-corrected chi connectivity index (χ0v) is 25.9. The van der Waals surface area contributed by atoms with Gasteiger partial charge < -0.3 is 5.32 Å². The fraction of sp³-hybridized carbons (Fsp3) is 0.229. The predicted octanol–water partition coefficient (Wildman–Crippen LogP) is 9.95. The number of para-hydroxylation sites is 2. The molecule has 202 valence electrons. The average Bonchev–Trinajstić information content (AvgIpc) is 3.40. The molecular weight excluding hydrogens is 659 g/mol. The molecular formula is C35H38AuN3+2. The topological polar surface area (TPSA) is 20.1 Å². The summed E-state index contributed by atoms with van der Waals surface area (Å²) >= 11 is 0. The van der Waals surface area contributed by atoms with Crippen molar-refractivity contribution in [2.45, 2.75) is 52.4 Å². The molecule has 0 amide bonds. The van der Waals surface area contributed by atoms with Crippen molar-refractivity contribution in [3.8, 4) is 0 Å². The number of hydrogen-bond acceptors (Lipinski definition) is 0. The van der Waals surface area contributed by atoms with E-state index in [1.165, 1.54) is 11.1 Å². The second-order valence-electron chi connectivity index (χ2n) is 11.5. The first-order valence-corrected chi connectivity index (χ1v) is 13.2.